The van der Waals surface area contributed by atoms with Gasteiger partial charge in [0.25, 0.3) is 5.69 Å². The number of aromatic nitrogens is 3. The zero-order valence-electron chi connectivity index (χ0n) is 14.6. The van der Waals surface area contributed by atoms with Crippen molar-refractivity contribution in [3.63, 3.8) is 0 Å². The molecule has 126 valence electrons. The molecule has 0 fully saturated rings. The average Bonchev–Trinajstić information content (AvgIpc) is 3.21. The van der Waals surface area contributed by atoms with Gasteiger partial charge in [-0.15, -0.1) is 6.58 Å². The molecule has 3 heterocycles. The minimum absolute atomic E-state index is 0.00753. The summed E-state index contributed by atoms with van der Waals surface area (Å²) in [5.74, 6) is 0. The first-order valence-electron chi connectivity index (χ1n) is 8.56. The van der Waals surface area contributed by atoms with E-state index in [0.717, 1.165) is 22.6 Å². The minimum atomic E-state index is -0.182. The van der Waals surface area contributed by atoms with E-state index in [1.54, 1.807) is 0 Å². The average molecular weight is 332 g/mol. The second-order valence-electron chi connectivity index (χ2n) is 7.18. The summed E-state index contributed by atoms with van der Waals surface area (Å²) >= 11 is 0. The third-order valence-corrected chi connectivity index (χ3v) is 5.06. The number of hydrogen-bond donors (Lipinski definition) is 2. The lowest BCUT2D eigenvalue weighted by molar-refractivity contribution is -0.573. The van der Waals surface area contributed by atoms with Crippen molar-refractivity contribution in [3.8, 4) is 0 Å². The van der Waals surface area contributed by atoms with Gasteiger partial charge in [0.2, 0.25) is 0 Å². The van der Waals surface area contributed by atoms with E-state index in [1.807, 2.05) is 41.2 Å². The standard InChI is InChI=1S/C21H21N3O/c1-4-21(2,3)19-16(15-8-5-6-9-17(15)23-19)12-14-13-24-11-7-10-18(24)20(25)22-14/h4-9,11,13,23H,1,10,12H2,2-3H3/p+1. The fraction of sp³-hybridized carbons (Fsp3) is 0.238. The highest BCUT2D eigenvalue weighted by atomic mass is 16.1. The van der Waals surface area contributed by atoms with Crippen LogP contribution in [-0.2, 0) is 18.3 Å². The number of nitrogens with zero attached hydrogens (tertiary/aromatic N) is 1. The van der Waals surface area contributed by atoms with Crippen molar-refractivity contribution in [2.75, 3.05) is 0 Å². The molecule has 0 atom stereocenters. The topological polar surface area (TPSA) is 52.5 Å². The van der Waals surface area contributed by atoms with Gasteiger partial charge >= 0.3 is 5.56 Å². The number of H-pyrrole nitrogens is 2. The van der Waals surface area contributed by atoms with Crippen LogP contribution in [0.5, 0.6) is 0 Å². The molecule has 0 radical (unpaired) electrons. The Labute approximate surface area is 146 Å². The maximum Gasteiger partial charge on any atom is 0.316 e. The SMILES string of the molecule is C=CC(C)(C)c1[nH]c2ccccc2c1Cc1c[n+]2c(c(=O)[nH]1)CC=C2. The summed E-state index contributed by atoms with van der Waals surface area (Å²) in [6.45, 7) is 8.30. The molecule has 1 aromatic carbocycles. The monoisotopic (exact) mass is 332 g/mol. The highest BCUT2D eigenvalue weighted by Gasteiger charge is 2.26. The van der Waals surface area contributed by atoms with Crippen LogP contribution in [-0.4, -0.2) is 9.97 Å². The lowest BCUT2D eigenvalue weighted by Crippen LogP contribution is -2.37. The molecule has 2 N–H and O–H groups in total. The van der Waals surface area contributed by atoms with Gasteiger partial charge in [0.05, 0.1) is 12.1 Å². The Kier molecular flexibility index (Phi) is 3.49. The van der Waals surface area contributed by atoms with Crippen molar-refractivity contribution >= 4 is 17.1 Å². The van der Waals surface area contributed by atoms with Crippen LogP contribution in [0.15, 0.2) is 54.0 Å². The smallest absolute Gasteiger partial charge is 0.316 e. The fourth-order valence-electron chi connectivity index (χ4n) is 3.54. The van der Waals surface area contributed by atoms with Crippen LogP contribution < -0.4 is 10.1 Å². The van der Waals surface area contributed by atoms with Crippen LogP contribution >= 0.6 is 0 Å². The van der Waals surface area contributed by atoms with Gasteiger partial charge in [0.15, 0.2) is 12.4 Å². The van der Waals surface area contributed by atoms with Gasteiger partial charge in [-0.05, 0) is 17.7 Å². The van der Waals surface area contributed by atoms with Crippen LogP contribution in [0.3, 0.4) is 0 Å². The van der Waals surface area contributed by atoms with E-state index in [9.17, 15) is 4.79 Å². The van der Waals surface area contributed by atoms with E-state index in [1.165, 1.54) is 10.9 Å². The molecule has 0 spiro atoms. The molecule has 1 aliphatic rings. The Morgan fingerprint density at radius 3 is 2.88 bits per heavy atom. The summed E-state index contributed by atoms with van der Waals surface area (Å²) in [5.41, 5.74) is 4.97. The quantitative estimate of drug-likeness (QED) is 0.559. The predicted octanol–water partition coefficient (Wildman–Crippen LogP) is 3.22. The zero-order chi connectivity index (χ0) is 17.6. The van der Waals surface area contributed by atoms with Crippen molar-refractivity contribution < 1.29 is 4.57 Å². The predicted molar refractivity (Wildman–Crippen MR) is 101 cm³/mol. The summed E-state index contributed by atoms with van der Waals surface area (Å²) < 4.78 is 1.93. The van der Waals surface area contributed by atoms with E-state index in [0.29, 0.717) is 12.8 Å². The van der Waals surface area contributed by atoms with Crippen molar-refractivity contribution in [3.05, 3.63) is 82.2 Å². The number of fused-ring (bicyclic) bond motifs is 2. The third kappa shape index (κ3) is 2.54. The third-order valence-electron chi connectivity index (χ3n) is 5.06. The summed E-state index contributed by atoms with van der Waals surface area (Å²) in [5, 5.41) is 1.19. The molecule has 3 aromatic rings. The number of allylic oxidation sites excluding steroid dienone is 2. The first-order valence-corrected chi connectivity index (χ1v) is 8.56. The van der Waals surface area contributed by atoms with E-state index in [2.05, 4.69) is 42.5 Å². The lowest BCUT2D eigenvalue weighted by Gasteiger charge is -2.20. The second-order valence-corrected chi connectivity index (χ2v) is 7.18. The molecule has 4 rings (SSSR count). The van der Waals surface area contributed by atoms with E-state index >= 15 is 0 Å². The maximum absolute atomic E-state index is 12.3. The van der Waals surface area contributed by atoms with Crippen molar-refractivity contribution in [1.82, 2.24) is 9.97 Å². The van der Waals surface area contributed by atoms with Crippen LogP contribution in [0.2, 0.25) is 0 Å². The molecular formula is C21H22N3O+. The van der Waals surface area contributed by atoms with Crippen LogP contribution in [0.4, 0.5) is 0 Å². The normalized spacial score (nSPS) is 13.4. The minimum Gasteiger partial charge on any atom is -0.357 e. The molecule has 0 bridgehead atoms. The van der Waals surface area contributed by atoms with Crippen LogP contribution in [0.25, 0.3) is 17.1 Å². The molecule has 4 heteroatoms. The number of para-hydroxylation sites is 1. The molecule has 4 nitrogen and oxygen atoms in total. The Balaban J connectivity index is 1.88. The highest BCUT2D eigenvalue weighted by Crippen LogP contribution is 2.33. The lowest BCUT2D eigenvalue weighted by atomic mass is 9.85. The second kappa shape index (κ2) is 5.59. The summed E-state index contributed by atoms with van der Waals surface area (Å²) in [6.07, 6.45) is 9.30. The molecule has 0 amide bonds. The number of benzene rings is 1. The van der Waals surface area contributed by atoms with Gasteiger partial charge in [0.1, 0.15) is 0 Å². The molecule has 0 unspecified atom stereocenters. The first-order chi connectivity index (χ1) is 12.0. The Bertz CT molecular complexity index is 1070. The van der Waals surface area contributed by atoms with E-state index in [-0.39, 0.29) is 11.0 Å². The molecular weight excluding hydrogens is 310 g/mol. The number of nitrogens with one attached hydrogen (secondary N) is 2. The van der Waals surface area contributed by atoms with Gasteiger partial charge in [-0.25, -0.2) is 0 Å². The van der Waals surface area contributed by atoms with Crippen LogP contribution in [0, 0.1) is 0 Å². The van der Waals surface area contributed by atoms with Gasteiger partial charge < -0.3 is 9.97 Å². The molecule has 0 aliphatic carbocycles. The van der Waals surface area contributed by atoms with E-state index < -0.39 is 0 Å². The van der Waals surface area contributed by atoms with Crippen molar-refractivity contribution in [2.45, 2.75) is 32.1 Å². The summed E-state index contributed by atoms with van der Waals surface area (Å²) in [7, 11) is 0. The number of hydrogen-bond acceptors (Lipinski definition) is 1. The Morgan fingerprint density at radius 1 is 1.28 bits per heavy atom. The maximum atomic E-state index is 12.3. The van der Waals surface area contributed by atoms with Gasteiger partial charge in [-0.2, -0.15) is 4.57 Å². The molecule has 1 aliphatic heterocycles. The number of rotatable bonds is 4. The Hall–Kier alpha value is -2.88. The Morgan fingerprint density at radius 2 is 2.08 bits per heavy atom. The van der Waals surface area contributed by atoms with Gasteiger partial charge in [0, 0.05) is 28.4 Å². The molecule has 2 aromatic heterocycles. The molecule has 0 saturated carbocycles. The summed E-state index contributed by atoms with van der Waals surface area (Å²) in [4.78, 5) is 18.9. The number of aromatic amines is 2. The van der Waals surface area contributed by atoms with Gasteiger partial charge in [-0.1, -0.05) is 38.1 Å². The largest absolute Gasteiger partial charge is 0.357 e. The highest BCUT2D eigenvalue weighted by molar-refractivity contribution is 5.85. The molecule has 0 saturated heterocycles. The van der Waals surface area contributed by atoms with Gasteiger partial charge in [-0.3, -0.25) is 4.79 Å². The fourth-order valence-corrected chi connectivity index (χ4v) is 3.54. The summed E-state index contributed by atoms with van der Waals surface area (Å²) in [6, 6.07) is 8.30. The first kappa shape index (κ1) is 15.6. The van der Waals surface area contributed by atoms with Crippen molar-refractivity contribution in [1.29, 1.82) is 0 Å². The zero-order valence-corrected chi connectivity index (χ0v) is 14.6. The molecule has 25 heavy (non-hydrogen) atoms. The van der Waals surface area contributed by atoms with E-state index in [4.69, 9.17) is 0 Å². The van der Waals surface area contributed by atoms with Crippen molar-refractivity contribution in [2.24, 2.45) is 0 Å². The van der Waals surface area contributed by atoms with Crippen LogP contribution in [0.1, 0.15) is 36.5 Å².